The number of nitrogens with zero attached hydrogens (tertiary/aromatic N) is 2. The predicted molar refractivity (Wildman–Crippen MR) is 110 cm³/mol. The number of carbonyl (C=O) groups excluding carboxylic acids is 2. The molecule has 0 atom stereocenters. The number of amides is 1. The molecule has 8 heteroatoms. The van der Waals surface area contributed by atoms with Crippen LogP contribution >= 0.6 is 11.8 Å². The summed E-state index contributed by atoms with van der Waals surface area (Å²) in [7, 11) is 0. The number of carbonyl (C=O) groups is 2. The number of esters is 1. The summed E-state index contributed by atoms with van der Waals surface area (Å²) in [5.74, 6) is 0.217. The zero-order valence-corrected chi connectivity index (χ0v) is 17.2. The van der Waals surface area contributed by atoms with Crippen LogP contribution in [0.5, 0.6) is 0 Å². The Morgan fingerprint density at radius 3 is 2.76 bits per heavy atom. The van der Waals surface area contributed by atoms with Gasteiger partial charge in [-0.2, -0.15) is 0 Å². The number of rotatable bonds is 7. The number of aromatic nitrogens is 2. The molecule has 29 heavy (non-hydrogen) atoms. The van der Waals surface area contributed by atoms with Gasteiger partial charge in [-0.1, -0.05) is 29.1 Å². The number of benzene rings is 1. The van der Waals surface area contributed by atoms with E-state index < -0.39 is 11.9 Å². The van der Waals surface area contributed by atoms with Crippen molar-refractivity contribution in [1.82, 2.24) is 10.1 Å². The SMILES string of the molecule is Cc1cc(CSc2ncccc2C(=O)OCC(=O)Nc2cccc(C)c2C)no1. The Labute approximate surface area is 172 Å². The molecule has 0 fully saturated rings. The zero-order chi connectivity index (χ0) is 20.8. The van der Waals surface area contributed by atoms with Crippen LogP contribution in [0.25, 0.3) is 0 Å². The quantitative estimate of drug-likeness (QED) is 0.462. The second-order valence-electron chi connectivity index (χ2n) is 6.45. The highest BCUT2D eigenvalue weighted by Crippen LogP contribution is 2.24. The molecule has 0 aliphatic carbocycles. The van der Waals surface area contributed by atoms with Gasteiger partial charge in [-0.15, -0.1) is 0 Å². The lowest BCUT2D eigenvalue weighted by Crippen LogP contribution is -2.21. The molecular weight excluding hydrogens is 390 g/mol. The Morgan fingerprint density at radius 2 is 2.00 bits per heavy atom. The Kier molecular flexibility index (Phi) is 6.66. The highest BCUT2D eigenvalue weighted by Gasteiger charge is 2.17. The van der Waals surface area contributed by atoms with E-state index in [2.05, 4.69) is 15.5 Å². The van der Waals surface area contributed by atoms with Crippen LogP contribution in [-0.2, 0) is 15.3 Å². The van der Waals surface area contributed by atoms with Gasteiger partial charge in [-0.05, 0) is 50.1 Å². The first-order valence-corrected chi connectivity index (χ1v) is 9.96. The van der Waals surface area contributed by atoms with Crippen molar-refractivity contribution in [2.24, 2.45) is 0 Å². The van der Waals surface area contributed by atoms with Crippen molar-refractivity contribution in [3.63, 3.8) is 0 Å². The van der Waals surface area contributed by atoms with Crippen LogP contribution in [0.15, 0.2) is 52.1 Å². The molecule has 0 bridgehead atoms. The van der Waals surface area contributed by atoms with E-state index in [1.165, 1.54) is 11.8 Å². The molecule has 2 heterocycles. The summed E-state index contributed by atoms with van der Waals surface area (Å²) in [6.45, 7) is 5.32. The van der Waals surface area contributed by atoms with Crippen molar-refractivity contribution in [3.05, 3.63) is 70.7 Å². The van der Waals surface area contributed by atoms with Crippen LogP contribution in [0.3, 0.4) is 0 Å². The van der Waals surface area contributed by atoms with E-state index >= 15 is 0 Å². The Balaban J connectivity index is 1.59. The fourth-order valence-corrected chi connectivity index (χ4v) is 3.43. The zero-order valence-electron chi connectivity index (χ0n) is 16.4. The third-order valence-corrected chi connectivity index (χ3v) is 5.28. The lowest BCUT2D eigenvalue weighted by atomic mass is 10.1. The van der Waals surface area contributed by atoms with Crippen molar-refractivity contribution in [1.29, 1.82) is 0 Å². The maximum atomic E-state index is 12.5. The lowest BCUT2D eigenvalue weighted by Gasteiger charge is -2.11. The maximum Gasteiger partial charge on any atom is 0.341 e. The summed E-state index contributed by atoms with van der Waals surface area (Å²) < 4.78 is 10.2. The Morgan fingerprint density at radius 1 is 1.17 bits per heavy atom. The molecule has 0 saturated heterocycles. The molecule has 1 aromatic carbocycles. The fraction of sp³-hybridized carbons (Fsp3) is 0.238. The number of aryl methyl sites for hydroxylation is 2. The second-order valence-corrected chi connectivity index (χ2v) is 7.41. The number of nitrogens with one attached hydrogen (secondary N) is 1. The van der Waals surface area contributed by atoms with Gasteiger partial charge in [0.15, 0.2) is 6.61 Å². The maximum absolute atomic E-state index is 12.5. The summed E-state index contributed by atoms with van der Waals surface area (Å²) in [4.78, 5) is 28.9. The number of hydrogen-bond acceptors (Lipinski definition) is 7. The summed E-state index contributed by atoms with van der Waals surface area (Å²) in [5.41, 5.74) is 3.80. The molecule has 0 saturated carbocycles. The first kappa shape index (κ1) is 20.6. The smallest absolute Gasteiger partial charge is 0.341 e. The van der Waals surface area contributed by atoms with Gasteiger partial charge in [0.1, 0.15) is 10.8 Å². The van der Waals surface area contributed by atoms with E-state index in [0.29, 0.717) is 22.0 Å². The van der Waals surface area contributed by atoms with E-state index in [4.69, 9.17) is 9.26 Å². The minimum absolute atomic E-state index is 0.303. The fourth-order valence-electron chi connectivity index (χ4n) is 2.57. The number of pyridine rings is 1. The van der Waals surface area contributed by atoms with Crippen LogP contribution in [0.2, 0.25) is 0 Å². The molecule has 1 N–H and O–H groups in total. The van der Waals surface area contributed by atoms with E-state index in [9.17, 15) is 9.59 Å². The molecular formula is C21H21N3O4S. The summed E-state index contributed by atoms with van der Waals surface area (Å²) >= 11 is 1.35. The minimum Gasteiger partial charge on any atom is -0.452 e. The summed E-state index contributed by atoms with van der Waals surface area (Å²) in [5, 5.41) is 7.20. The van der Waals surface area contributed by atoms with Gasteiger partial charge in [0, 0.05) is 23.7 Å². The van der Waals surface area contributed by atoms with Gasteiger partial charge in [-0.25, -0.2) is 9.78 Å². The van der Waals surface area contributed by atoms with E-state index in [1.54, 1.807) is 18.3 Å². The molecule has 7 nitrogen and oxygen atoms in total. The highest BCUT2D eigenvalue weighted by atomic mass is 32.2. The minimum atomic E-state index is -0.604. The van der Waals surface area contributed by atoms with E-state index in [1.807, 2.05) is 45.0 Å². The average Bonchev–Trinajstić information content (AvgIpc) is 3.13. The molecule has 0 aliphatic rings. The molecule has 3 rings (SSSR count). The molecule has 0 unspecified atom stereocenters. The first-order chi connectivity index (χ1) is 13.9. The Bertz CT molecular complexity index is 1030. The van der Waals surface area contributed by atoms with E-state index in [0.717, 1.165) is 22.6 Å². The number of anilines is 1. The predicted octanol–water partition coefficient (Wildman–Crippen LogP) is 4.08. The van der Waals surface area contributed by atoms with Crippen molar-refractivity contribution in [3.8, 4) is 0 Å². The monoisotopic (exact) mass is 411 g/mol. The second kappa shape index (κ2) is 9.38. The van der Waals surface area contributed by atoms with Gasteiger partial charge in [-0.3, -0.25) is 4.79 Å². The largest absolute Gasteiger partial charge is 0.452 e. The summed E-state index contributed by atoms with van der Waals surface area (Å²) in [6, 6.07) is 10.7. The van der Waals surface area contributed by atoms with Gasteiger partial charge in [0.05, 0.1) is 11.3 Å². The van der Waals surface area contributed by atoms with Crippen molar-refractivity contribution >= 4 is 29.3 Å². The van der Waals surface area contributed by atoms with Crippen LogP contribution < -0.4 is 5.32 Å². The molecule has 1 amide bonds. The third-order valence-electron chi connectivity index (χ3n) is 4.24. The van der Waals surface area contributed by atoms with Crippen molar-refractivity contribution in [2.45, 2.75) is 31.6 Å². The molecule has 3 aromatic rings. The number of hydrogen-bond donors (Lipinski definition) is 1. The third kappa shape index (κ3) is 5.45. The van der Waals surface area contributed by atoms with Crippen LogP contribution in [0.1, 0.15) is 32.9 Å². The molecule has 0 aliphatic heterocycles. The van der Waals surface area contributed by atoms with Gasteiger partial charge >= 0.3 is 5.97 Å². The normalized spacial score (nSPS) is 10.6. The van der Waals surface area contributed by atoms with Gasteiger partial charge < -0.3 is 14.6 Å². The summed E-state index contributed by atoms with van der Waals surface area (Å²) in [6.07, 6.45) is 1.60. The molecule has 0 radical (unpaired) electrons. The van der Waals surface area contributed by atoms with Crippen LogP contribution in [-0.4, -0.2) is 28.6 Å². The molecule has 2 aromatic heterocycles. The topological polar surface area (TPSA) is 94.3 Å². The number of ether oxygens (including phenoxy) is 1. The Hall–Kier alpha value is -3.13. The van der Waals surface area contributed by atoms with E-state index in [-0.39, 0.29) is 6.61 Å². The van der Waals surface area contributed by atoms with Gasteiger partial charge in [0.25, 0.3) is 5.91 Å². The number of thioether (sulfide) groups is 1. The standard InChI is InChI=1S/C21H21N3O4S/c1-13-6-4-8-18(15(13)3)23-19(25)11-27-21(26)17-7-5-9-22-20(17)29-12-16-10-14(2)28-24-16/h4-10H,11-12H2,1-3H3,(H,23,25). The molecule has 0 spiro atoms. The lowest BCUT2D eigenvalue weighted by molar-refractivity contribution is -0.119. The van der Waals surface area contributed by atoms with Crippen LogP contribution in [0.4, 0.5) is 5.69 Å². The highest BCUT2D eigenvalue weighted by molar-refractivity contribution is 7.98. The molecule has 150 valence electrons. The van der Waals surface area contributed by atoms with Crippen molar-refractivity contribution < 1.29 is 18.8 Å². The van der Waals surface area contributed by atoms with Crippen molar-refractivity contribution in [2.75, 3.05) is 11.9 Å². The van der Waals surface area contributed by atoms with Crippen LogP contribution in [0, 0.1) is 20.8 Å². The van der Waals surface area contributed by atoms with Gasteiger partial charge in [0.2, 0.25) is 0 Å². The first-order valence-electron chi connectivity index (χ1n) is 8.97. The average molecular weight is 411 g/mol.